The van der Waals surface area contributed by atoms with Gasteiger partial charge in [-0.15, -0.1) is 0 Å². The van der Waals surface area contributed by atoms with Crippen LogP contribution < -0.4 is 4.90 Å². The number of methoxy groups -OCH3 is 1. The second kappa shape index (κ2) is 4.94. The SMILES string of the molecule is COC(=O)c1ccc(N2Cc3cccc(O)c3C2=O)cc1. The van der Waals surface area contributed by atoms with E-state index in [4.69, 9.17) is 0 Å². The van der Waals surface area contributed by atoms with Crippen LogP contribution in [0, 0.1) is 0 Å². The summed E-state index contributed by atoms with van der Waals surface area (Å²) in [6.45, 7) is 0.403. The average Bonchev–Trinajstić information content (AvgIpc) is 2.85. The molecule has 1 aliphatic heterocycles. The van der Waals surface area contributed by atoms with E-state index < -0.39 is 5.97 Å². The Morgan fingerprint density at radius 1 is 1.19 bits per heavy atom. The van der Waals surface area contributed by atoms with Crippen molar-refractivity contribution in [2.75, 3.05) is 12.0 Å². The summed E-state index contributed by atoms with van der Waals surface area (Å²) in [7, 11) is 1.32. The fourth-order valence-corrected chi connectivity index (χ4v) is 2.45. The highest BCUT2D eigenvalue weighted by Gasteiger charge is 2.30. The zero-order valence-electron chi connectivity index (χ0n) is 11.4. The van der Waals surface area contributed by atoms with E-state index in [1.807, 2.05) is 6.07 Å². The summed E-state index contributed by atoms with van der Waals surface area (Å²) in [5, 5.41) is 9.81. The van der Waals surface area contributed by atoms with E-state index in [0.29, 0.717) is 23.4 Å². The van der Waals surface area contributed by atoms with Crippen molar-refractivity contribution in [1.82, 2.24) is 0 Å². The van der Waals surface area contributed by atoms with Crippen LogP contribution in [-0.2, 0) is 11.3 Å². The highest BCUT2D eigenvalue weighted by molar-refractivity contribution is 6.11. The number of phenols is 1. The van der Waals surface area contributed by atoms with Crippen molar-refractivity contribution in [3.8, 4) is 5.75 Å². The smallest absolute Gasteiger partial charge is 0.337 e. The van der Waals surface area contributed by atoms with Crippen molar-refractivity contribution < 1.29 is 19.4 Å². The van der Waals surface area contributed by atoms with Crippen molar-refractivity contribution in [1.29, 1.82) is 0 Å². The molecule has 1 N–H and O–H groups in total. The number of hydrogen-bond donors (Lipinski definition) is 1. The lowest BCUT2D eigenvalue weighted by Crippen LogP contribution is -2.23. The molecule has 0 atom stereocenters. The van der Waals surface area contributed by atoms with Gasteiger partial charge in [0, 0.05) is 5.69 Å². The molecule has 106 valence electrons. The molecule has 0 fully saturated rings. The number of rotatable bonds is 2. The van der Waals surface area contributed by atoms with Crippen LogP contribution >= 0.6 is 0 Å². The predicted octanol–water partition coefficient (Wildman–Crippen LogP) is 2.34. The van der Waals surface area contributed by atoms with Crippen molar-refractivity contribution in [3.63, 3.8) is 0 Å². The third-order valence-corrected chi connectivity index (χ3v) is 3.52. The van der Waals surface area contributed by atoms with E-state index in [9.17, 15) is 14.7 Å². The standard InChI is InChI=1S/C16H13NO4/c1-21-16(20)10-5-7-12(8-6-10)17-9-11-3-2-4-13(18)14(11)15(17)19/h2-8,18H,9H2,1H3. The number of carbonyl (C=O) groups is 2. The minimum Gasteiger partial charge on any atom is -0.507 e. The summed E-state index contributed by atoms with van der Waals surface area (Å²) in [6.07, 6.45) is 0. The first-order valence-electron chi connectivity index (χ1n) is 6.43. The summed E-state index contributed by atoms with van der Waals surface area (Å²) >= 11 is 0. The molecule has 2 aromatic rings. The Labute approximate surface area is 121 Å². The largest absolute Gasteiger partial charge is 0.507 e. The minimum absolute atomic E-state index is 0.00817. The molecule has 0 saturated carbocycles. The van der Waals surface area contributed by atoms with Crippen LogP contribution in [0.3, 0.4) is 0 Å². The predicted molar refractivity (Wildman–Crippen MR) is 76.4 cm³/mol. The van der Waals surface area contributed by atoms with Gasteiger partial charge in [0.05, 0.1) is 24.8 Å². The topological polar surface area (TPSA) is 66.8 Å². The molecular formula is C16H13NO4. The summed E-state index contributed by atoms with van der Waals surface area (Å²) in [5.41, 5.74) is 2.23. The van der Waals surface area contributed by atoms with Gasteiger partial charge in [-0.25, -0.2) is 4.79 Å². The van der Waals surface area contributed by atoms with Crippen molar-refractivity contribution in [2.24, 2.45) is 0 Å². The van der Waals surface area contributed by atoms with Gasteiger partial charge in [0.2, 0.25) is 0 Å². The van der Waals surface area contributed by atoms with Gasteiger partial charge in [-0.2, -0.15) is 0 Å². The molecule has 2 aromatic carbocycles. The van der Waals surface area contributed by atoms with Crippen LogP contribution in [-0.4, -0.2) is 24.1 Å². The molecule has 0 bridgehead atoms. The number of nitrogens with zero attached hydrogens (tertiary/aromatic N) is 1. The Morgan fingerprint density at radius 3 is 2.52 bits per heavy atom. The third kappa shape index (κ3) is 2.12. The van der Waals surface area contributed by atoms with Crippen LogP contribution in [0.5, 0.6) is 5.75 Å². The molecule has 3 rings (SSSR count). The Morgan fingerprint density at radius 2 is 1.90 bits per heavy atom. The quantitative estimate of drug-likeness (QED) is 0.859. The third-order valence-electron chi connectivity index (χ3n) is 3.52. The monoisotopic (exact) mass is 283 g/mol. The number of phenolic OH excluding ortho intramolecular Hbond substituents is 1. The molecule has 0 spiro atoms. The lowest BCUT2D eigenvalue weighted by atomic mass is 10.1. The number of ether oxygens (including phenoxy) is 1. The summed E-state index contributed by atoms with van der Waals surface area (Å²) in [6, 6.07) is 11.6. The molecule has 0 radical (unpaired) electrons. The fraction of sp³-hybridized carbons (Fsp3) is 0.125. The lowest BCUT2D eigenvalue weighted by molar-refractivity contribution is 0.0600. The van der Waals surface area contributed by atoms with Crippen molar-refractivity contribution in [3.05, 3.63) is 59.2 Å². The first-order valence-corrected chi connectivity index (χ1v) is 6.43. The van der Waals surface area contributed by atoms with E-state index in [0.717, 1.165) is 5.56 Å². The Balaban J connectivity index is 1.92. The average molecular weight is 283 g/mol. The Hall–Kier alpha value is -2.82. The zero-order chi connectivity index (χ0) is 15.0. The molecule has 0 saturated heterocycles. The van der Waals surface area contributed by atoms with Gasteiger partial charge in [-0.1, -0.05) is 12.1 Å². The van der Waals surface area contributed by atoms with E-state index in [-0.39, 0.29) is 11.7 Å². The maximum Gasteiger partial charge on any atom is 0.337 e. The first kappa shape index (κ1) is 13.2. The number of fused-ring (bicyclic) bond motifs is 1. The van der Waals surface area contributed by atoms with Crippen LogP contribution in [0.25, 0.3) is 0 Å². The molecule has 0 aliphatic carbocycles. The summed E-state index contributed by atoms with van der Waals surface area (Å²) < 4.78 is 4.64. The minimum atomic E-state index is -0.421. The van der Waals surface area contributed by atoms with Gasteiger partial charge >= 0.3 is 5.97 Å². The molecule has 5 nitrogen and oxygen atoms in total. The summed E-state index contributed by atoms with van der Waals surface area (Å²) in [5.74, 6) is -0.671. The first-order chi connectivity index (χ1) is 10.1. The van der Waals surface area contributed by atoms with Crippen molar-refractivity contribution >= 4 is 17.6 Å². The van der Waals surface area contributed by atoms with Gasteiger partial charge in [-0.3, -0.25) is 4.79 Å². The zero-order valence-corrected chi connectivity index (χ0v) is 11.4. The number of amides is 1. The molecule has 1 aliphatic rings. The fourth-order valence-electron chi connectivity index (χ4n) is 2.45. The van der Waals surface area contributed by atoms with Crippen molar-refractivity contribution in [2.45, 2.75) is 6.54 Å². The van der Waals surface area contributed by atoms with Gasteiger partial charge in [0.25, 0.3) is 5.91 Å². The van der Waals surface area contributed by atoms with Gasteiger partial charge in [0.15, 0.2) is 0 Å². The van der Waals surface area contributed by atoms with Gasteiger partial charge < -0.3 is 14.7 Å². The van der Waals surface area contributed by atoms with Crippen LogP contribution in [0.4, 0.5) is 5.69 Å². The maximum absolute atomic E-state index is 12.4. The Bertz CT molecular complexity index is 722. The molecule has 0 aromatic heterocycles. The number of esters is 1. The number of benzene rings is 2. The second-order valence-corrected chi connectivity index (χ2v) is 4.74. The molecule has 1 amide bonds. The van der Waals surface area contributed by atoms with Crippen LogP contribution in [0.15, 0.2) is 42.5 Å². The van der Waals surface area contributed by atoms with E-state index >= 15 is 0 Å². The number of hydrogen-bond acceptors (Lipinski definition) is 4. The lowest BCUT2D eigenvalue weighted by Gasteiger charge is -2.15. The molecule has 5 heteroatoms. The normalized spacial score (nSPS) is 13.2. The van der Waals surface area contributed by atoms with Crippen LogP contribution in [0.2, 0.25) is 0 Å². The number of anilines is 1. The number of aromatic hydroxyl groups is 1. The summed E-state index contributed by atoms with van der Waals surface area (Å²) in [4.78, 5) is 25.3. The highest BCUT2D eigenvalue weighted by atomic mass is 16.5. The number of carbonyl (C=O) groups excluding carboxylic acids is 2. The molecule has 1 heterocycles. The second-order valence-electron chi connectivity index (χ2n) is 4.74. The molecule has 0 unspecified atom stereocenters. The molecular weight excluding hydrogens is 270 g/mol. The molecule has 21 heavy (non-hydrogen) atoms. The van der Waals surface area contributed by atoms with E-state index in [1.54, 1.807) is 35.2 Å². The maximum atomic E-state index is 12.4. The van der Waals surface area contributed by atoms with Gasteiger partial charge in [-0.05, 0) is 35.9 Å². The highest BCUT2D eigenvalue weighted by Crippen LogP contribution is 2.33. The van der Waals surface area contributed by atoms with Crippen LogP contribution in [0.1, 0.15) is 26.3 Å². The van der Waals surface area contributed by atoms with E-state index in [2.05, 4.69) is 4.74 Å². The van der Waals surface area contributed by atoms with E-state index in [1.165, 1.54) is 13.2 Å². The Kier molecular flexibility index (Phi) is 3.10. The van der Waals surface area contributed by atoms with Gasteiger partial charge in [0.1, 0.15) is 5.75 Å².